The van der Waals surface area contributed by atoms with Gasteiger partial charge >= 0.3 is 5.63 Å². The number of nitrogens with zero attached hydrogens (tertiary/aromatic N) is 2. The third-order valence-corrected chi connectivity index (χ3v) is 5.98. The van der Waals surface area contributed by atoms with Gasteiger partial charge in [0.1, 0.15) is 11.3 Å². The minimum absolute atomic E-state index is 0.0967. The fraction of sp³-hybridized carbons (Fsp3) is 0.364. The molecule has 6 heteroatoms. The van der Waals surface area contributed by atoms with Crippen molar-refractivity contribution in [2.75, 3.05) is 20.2 Å². The standard InChI is InChI=1S/C22H22N2O4/c1-27-17-5-6-20-18(9-17)15(8-22(26)28-20)12-23-10-14-7-16(13-23)19-3-2-4-21(25)24(19)11-14/h2-6,8-9,14,16H,7,10-13H2,1H3. The van der Waals surface area contributed by atoms with E-state index in [4.69, 9.17) is 9.15 Å². The number of pyridine rings is 1. The lowest BCUT2D eigenvalue weighted by molar-refractivity contribution is 0.114. The number of aromatic nitrogens is 1. The van der Waals surface area contributed by atoms with Gasteiger partial charge < -0.3 is 13.7 Å². The fourth-order valence-corrected chi connectivity index (χ4v) is 4.83. The van der Waals surface area contributed by atoms with E-state index in [9.17, 15) is 9.59 Å². The Hall–Kier alpha value is -2.86. The number of rotatable bonds is 3. The number of likely N-dealkylation sites (tertiary alicyclic amines) is 1. The summed E-state index contributed by atoms with van der Waals surface area (Å²) in [6, 6.07) is 12.7. The molecule has 3 aromatic rings. The van der Waals surface area contributed by atoms with Crippen molar-refractivity contribution >= 4 is 11.0 Å². The van der Waals surface area contributed by atoms with Crippen molar-refractivity contribution in [3.63, 3.8) is 0 Å². The predicted molar refractivity (Wildman–Crippen MR) is 106 cm³/mol. The second-order valence-electron chi connectivity index (χ2n) is 7.84. The van der Waals surface area contributed by atoms with E-state index in [0.717, 1.165) is 48.4 Å². The van der Waals surface area contributed by atoms with Crippen LogP contribution in [0, 0.1) is 5.92 Å². The van der Waals surface area contributed by atoms with E-state index >= 15 is 0 Å². The molecule has 0 saturated carbocycles. The highest BCUT2D eigenvalue weighted by Crippen LogP contribution is 2.36. The van der Waals surface area contributed by atoms with Crippen LogP contribution >= 0.6 is 0 Å². The Labute approximate surface area is 162 Å². The van der Waals surface area contributed by atoms with Crippen LogP contribution in [0.2, 0.25) is 0 Å². The summed E-state index contributed by atoms with van der Waals surface area (Å²) in [6.45, 7) is 3.25. The molecule has 2 aliphatic rings. The van der Waals surface area contributed by atoms with Gasteiger partial charge in [-0.2, -0.15) is 0 Å². The summed E-state index contributed by atoms with van der Waals surface area (Å²) >= 11 is 0. The molecule has 0 amide bonds. The van der Waals surface area contributed by atoms with Gasteiger partial charge in [0.25, 0.3) is 5.56 Å². The lowest BCUT2D eigenvalue weighted by atomic mass is 9.83. The van der Waals surface area contributed by atoms with Gasteiger partial charge in [-0.25, -0.2) is 4.79 Å². The Bertz CT molecular complexity index is 1160. The largest absolute Gasteiger partial charge is 0.497 e. The van der Waals surface area contributed by atoms with E-state index in [2.05, 4.69) is 11.0 Å². The second kappa shape index (κ2) is 6.63. The van der Waals surface area contributed by atoms with Crippen LogP contribution in [0.1, 0.15) is 23.6 Å². The molecule has 2 unspecified atom stereocenters. The number of piperidine rings is 1. The maximum Gasteiger partial charge on any atom is 0.336 e. The summed E-state index contributed by atoms with van der Waals surface area (Å²) in [4.78, 5) is 26.6. The van der Waals surface area contributed by atoms with Crippen LogP contribution in [0.4, 0.5) is 0 Å². The number of hydrogen-bond acceptors (Lipinski definition) is 5. The third kappa shape index (κ3) is 2.94. The maximum atomic E-state index is 12.2. The Kier molecular flexibility index (Phi) is 4.09. The van der Waals surface area contributed by atoms with Crippen LogP contribution < -0.4 is 15.9 Å². The highest BCUT2D eigenvalue weighted by Gasteiger charge is 2.34. The molecule has 0 aliphatic carbocycles. The minimum atomic E-state index is -0.332. The molecule has 1 fully saturated rings. The molecule has 0 N–H and O–H groups in total. The van der Waals surface area contributed by atoms with E-state index in [1.54, 1.807) is 31.4 Å². The number of methoxy groups -OCH3 is 1. The molecule has 4 heterocycles. The van der Waals surface area contributed by atoms with Gasteiger partial charge in [-0.15, -0.1) is 0 Å². The Morgan fingerprint density at radius 2 is 2.00 bits per heavy atom. The number of hydrogen-bond donors (Lipinski definition) is 0. The molecule has 2 atom stereocenters. The van der Waals surface area contributed by atoms with Crippen LogP contribution in [-0.2, 0) is 13.1 Å². The molecule has 0 radical (unpaired) electrons. The monoisotopic (exact) mass is 378 g/mol. The third-order valence-electron chi connectivity index (χ3n) is 5.98. The van der Waals surface area contributed by atoms with Gasteiger partial charge in [0.15, 0.2) is 0 Å². The Morgan fingerprint density at radius 1 is 1.11 bits per heavy atom. The van der Waals surface area contributed by atoms with Crippen molar-refractivity contribution in [3.05, 3.63) is 74.5 Å². The molecule has 28 heavy (non-hydrogen) atoms. The highest BCUT2D eigenvalue weighted by atomic mass is 16.5. The van der Waals surface area contributed by atoms with Gasteiger partial charge in [-0.05, 0) is 42.2 Å². The molecule has 0 spiro atoms. The SMILES string of the molecule is COc1ccc2oc(=O)cc(CN3CC4CC(C3)c3cccc(=O)n3C4)c2c1. The molecule has 5 rings (SSSR count). The van der Waals surface area contributed by atoms with E-state index < -0.39 is 0 Å². The zero-order valence-electron chi connectivity index (χ0n) is 15.8. The van der Waals surface area contributed by atoms with Crippen LogP contribution in [0.15, 0.2) is 56.5 Å². The lowest BCUT2D eigenvalue weighted by Gasteiger charge is -2.42. The van der Waals surface area contributed by atoms with Gasteiger partial charge in [0.2, 0.25) is 0 Å². The lowest BCUT2D eigenvalue weighted by Crippen LogP contribution is -2.46. The van der Waals surface area contributed by atoms with Crippen molar-refractivity contribution in [1.29, 1.82) is 0 Å². The number of benzene rings is 1. The first-order valence-corrected chi connectivity index (χ1v) is 9.63. The van der Waals surface area contributed by atoms with Gasteiger partial charge in [0, 0.05) is 55.3 Å². The summed E-state index contributed by atoms with van der Waals surface area (Å²) in [6.07, 6.45) is 1.12. The normalized spacial score (nSPS) is 21.5. The number of ether oxygens (including phenoxy) is 1. The quantitative estimate of drug-likeness (QED) is 0.656. The molecule has 6 nitrogen and oxygen atoms in total. The molecule has 2 bridgehead atoms. The van der Waals surface area contributed by atoms with Crippen LogP contribution in [-0.4, -0.2) is 29.7 Å². The van der Waals surface area contributed by atoms with Gasteiger partial charge in [-0.3, -0.25) is 9.69 Å². The zero-order valence-corrected chi connectivity index (χ0v) is 15.8. The molecule has 2 aliphatic heterocycles. The van der Waals surface area contributed by atoms with Crippen LogP contribution in [0.25, 0.3) is 11.0 Å². The zero-order chi connectivity index (χ0) is 19.3. The maximum absolute atomic E-state index is 12.2. The molecule has 144 valence electrons. The van der Waals surface area contributed by atoms with Crippen molar-refractivity contribution in [1.82, 2.24) is 9.47 Å². The van der Waals surface area contributed by atoms with Crippen LogP contribution in [0.5, 0.6) is 5.75 Å². The van der Waals surface area contributed by atoms with Gasteiger partial charge in [0.05, 0.1) is 7.11 Å². The van der Waals surface area contributed by atoms with Crippen molar-refractivity contribution in [2.45, 2.75) is 25.4 Å². The molecule has 1 saturated heterocycles. The average Bonchev–Trinajstić information content (AvgIpc) is 2.68. The Morgan fingerprint density at radius 3 is 2.86 bits per heavy atom. The first-order valence-electron chi connectivity index (χ1n) is 9.63. The van der Waals surface area contributed by atoms with Crippen molar-refractivity contribution in [3.8, 4) is 5.75 Å². The summed E-state index contributed by atoms with van der Waals surface area (Å²) in [5.74, 6) is 1.54. The van der Waals surface area contributed by atoms with Crippen LogP contribution in [0.3, 0.4) is 0 Å². The predicted octanol–water partition coefficient (Wildman–Crippen LogP) is 2.58. The molecular formula is C22H22N2O4. The summed E-state index contributed by atoms with van der Waals surface area (Å²) in [7, 11) is 1.63. The highest BCUT2D eigenvalue weighted by molar-refractivity contribution is 5.81. The molecule has 1 aromatic carbocycles. The summed E-state index contributed by atoms with van der Waals surface area (Å²) in [5.41, 5.74) is 2.43. The Balaban J connectivity index is 1.48. The van der Waals surface area contributed by atoms with E-state index in [1.807, 2.05) is 16.7 Å². The summed E-state index contributed by atoms with van der Waals surface area (Å²) < 4.78 is 12.6. The van der Waals surface area contributed by atoms with E-state index in [-0.39, 0.29) is 11.2 Å². The smallest absolute Gasteiger partial charge is 0.336 e. The second-order valence-corrected chi connectivity index (χ2v) is 7.84. The van der Waals surface area contributed by atoms with E-state index in [0.29, 0.717) is 24.0 Å². The topological polar surface area (TPSA) is 64.7 Å². The first-order chi connectivity index (χ1) is 13.6. The van der Waals surface area contributed by atoms with Gasteiger partial charge in [-0.1, -0.05) is 6.07 Å². The first kappa shape index (κ1) is 17.3. The van der Waals surface area contributed by atoms with E-state index in [1.165, 1.54) is 0 Å². The molecular weight excluding hydrogens is 356 g/mol. The minimum Gasteiger partial charge on any atom is -0.497 e. The number of fused-ring (bicyclic) bond motifs is 5. The molecule has 2 aromatic heterocycles. The average molecular weight is 378 g/mol. The van der Waals surface area contributed by atoms with Crippen molar-refractivity contribution < 1.29 is 9.15 Å². The summed E-state index contributed by atoms with van der Waals surface area (Å²) in [5, 5.41) is 0.909. The van der Waals surface area contributed by atoms with Crippen molar-refractivity contribution in [2.24, 2.45) is 5.92 Å². The fourth-order valence-electron chi connectivity index (χ4n) is 4.83.